The number of hydrazine groups is 1. The lowest BCUT2D eigenvalue weighted by molar-refractivity contribution is 0.643. The molecule has 0 bridgehead atoms. The van der Waals surface area contributed by atoms with Crippen molar-refractivity contribution in [3.8, 4) is 0 Å². The van der Waals surface area contributed by atoms with Gasteiger partial charge in [-0.25, -0.2) is 5.43 Å². The van der Waals surface area contributed by atoms with Crippen LogP contribution in [0.5, 0.6) is 0 Å². The summed E-state index contributed by atoms with van der Waals surface area (Å²) >= 11 is 7.49. The number of thiophene rings is 1. The van der Waals surface area contributed by atoms with Crippen LogP contribution in [0.2, 0.25) is 4.34 Å². The van der Waals surface area contributed by atoms with Gasteiger partial charge in [0.05, 0.1) is 10.4 Å². The molecule has 1 aromatic carbocycles. The molecule has 0 aliphatic heterocycles. The van der Waals surface area contributed by atoms with E-state index in [2.05, 4.69) is 24.5 Å². The predicted molar refractivity (Wildman–Crippen MR) is 69.7 cm³/mol. The number of aryl methyl sites for hydroxylation is 1. The first-order chi connectivity index (χ1) is 7.72. The fraction of sp³-hybridized carbons (Fsp3) is 0.167. The van der Waals surface area contributed by atoms with Crippen molar-refractivity contribution in [3.05, 3.63) is 56.7 Å². The predicted octanol–water partition coefficient (Wildman–Crippen LogP) is 3.26. The summed E-state index contributed by atoms with van der Waals surface area (Å²) in [5.41, 5.74) is 5.24. The van der Waals surface area contributed by atoms with Crippen LogP contribution in [0.3, 0.4) is 0 Å². The summed E-state index contributed by atoms with van der Waals surface area (Å²) in [5, 5.41) is 0. The summed E-state index contributed by atoms with van der Waals surface area (Å²) in [6.45, 7) is 2.08. The fourth-order valence-corrected chi connectivity index (χ4v) is 2.86. The first-order valence-corrected chi connectivity index (χ1v) is 6.18. The lowest BCUT2D eigenvalue weighted by Crippen LogP contribution is -2.28. The maximum absolute atomic E-state index is 5.94. The van der Waals surface area contributed by atoms with E-state index in [9.17, 15) is 0 Å². The van der Waals surface area contributed by atoms with Gasteiger partial charge in [-0.3, -0.25) is 5.84 Å². The van der Waals surface area contributed by atoms with Gasteiger partial charge >= 0.3 is 0 Å². The molecule has 0 saturated heterocycles. The van der Waals surface area contributed by atoms with Crippen molar-refractivity contribution >= 4 is 22.9 Å². The van der Waals surface area contributed by atoms with E-state index in [1.54, 1.807) is 11.3 Å². The molecule has 0 aliphatic rings. The molecule has 0 amide bonds. The molecule has 0 aliphatic carbocycles. The zero-order chi connectivity index (χ0) is 11.5. The highest BCUT2D eigenvalue weighted by atomic mass is 35.5. The minimum Gasteiger partial charge on any atom is -0.271 e. The van der Waals surface area contributed by atoms with Crippen LogP contribution in [-0.4, -0.2) is 0 Å². The summed E-state index contributed by atoms with van der Waals surface area (Å²) in [5.74, 6) is 5.63. The van der Waals surface area contributed by atoms with Crippen LogP contribution in [0.15, 0.2) is 36.4 Å². The van der Waals surface area contributed by atoms with E-state index in [0.717, 1.165) is 9.21 Å². The molecule has 2 nitrogen and oxygen atoms in total. The first-order valence-electron chi connectivity index (χ1n) is 4.99. The fourth-order valence-electron chi connectivity index (χ4n) is 1.72. The van der Waals surface area contributed by atoms with E-state index < -0.39 is 0 Å². The Morgan fingerprint density at radius 2 is 2.00 bits per heavy atom. The van der Waals surface area contributed by atoms with Gasteiger partial charge in [-0.15, -0.1) is 11.3 Å². The molecule has 1 aromatic heterocycles. The molecule has 1 atom stereocenters. The monoisotopic (exact) mass is 252 g/mol. The minimum absolute atomic E-state index is 0.0127. The number of hydrogen-bond acceptors (Lipinski definition) is 3. The lowest BCUT2D eigenvalue weighted by atomic mass is 10.0. The zero-order valence-corrected chi connectivity index (χ0v) is 10.5. The van der Waals surface area contributed by atoms with Gasteiger partial charge in [0, 0.05) is 4.88 Å². The summed E-state index contributed by atoms with van der Waals surface area (Å²) in [6.07, 6.45) is 0. The van der Waals surface area contributed by atoms with Gasteiger partial charge in [0.15, 0.2) is 0 Å². The molecular weight excluding hydrogens is 240 g/mol. The van der Waals surface area contributed by atoms with Gasteiger partial charge in [0.1, 0.15) is 0 Å². The van der Waals surface area contributed by atoms with E-state index in [4.69, 9.17) is 17.4 Å². The van der Waals surface area contributed by atoms with E-state index >= 15 is 0 Å². The van der Waals surface area contributed by atoms with E-state index in [-0.39, 0.29) is 6.04 Å². The van der Waals surface area contributed by atoms with E-state index in [1.807, 2.05) is 24.3 Å². The Balaban J connectivity index is 2.40. The average Bonchev–Trinajstić information content (AvgIpc) is 2.69. The second-order valence-corrected chi connectivity index (χ2v) is 5.34. The molecule has 0 fully saturated rings. The highest BCUT2D eigenvalue weighted by Crippen LogP contribution is 2.31. The Kier molecular flexibility index (Phi) is 3.61. The Morgan fingerprint density at radius 3 is 2.56 bits per heavy atom. The van der Waals surface area contributed by atoms with Gasteiger partial charge in [-0.1, -0.05) is 35.9 Å². The largest absolute Gasteiger partial charge is 0.271 e. The topological polar surface area (TPSA) is 38.0 Å². The summed E-state index contributed by atoms with van der Waals surface area (Å²) in [7, 11) is 0. The highest BCUT2D eigenvalue weighted by Gasteiger charge is 2.15. The molecule has 84 valence electrons. The Labute approximate surface area is 104 Å². The van der Waals surface area contributed by atoms with Crippen LogP contribution in [0.25, 0.3) is 0 Å². The molecule has 0 radical (unpaired) electrons. The van der Waals surface area contributed by atoms with Gasteiger partial charge in [0.25, 0.3) is 0 Å². The number of benzene rings is 1. The Bertz CT molecular complexity index is 481. The molecular formula is C12H13ClN2S. The summed E-state index contributed by atoms with van der Waals surface area (Å²) < 4.78 is 0.781. The van der Waals surface area contributed by atoms with Gasteiger partial charge in [-0.05, 0) is 30.2 Å². The molecule has 3 N–H and O–H groups in total. The first kappa shape index (κ1) is 11.6. The molecule has 4 heteroatoms. The van der Waals surface area contributed by atoms with Crippen molar-refractivity contribution in [1.82, 2.24) is 5.43 Å². The van der Waals surface area contributed by atoms with Crippen LogP contribution in [0, 0.1) is 6.92 Å². The second-order valence-electron chi connectivity index (χ2n) is 3.60. The van der Waals surface area contributed by atoms with E-state index in [1.165, 1.54) is 11.1 Å². The normalized spacial score (nSPS) is 12.7. The standard InChI is InChI=1S/C12H13ClN2S/c1-8-4-2-3-5-9(8)12(15-14)10-6-7-11(13)16-10/h2-7,12,15H,14H2,1H3. The SMILES string of the molecule is Cc1ccccc1C(NN)c1ccc(Cl)s1. The van der Waals surface area contributed by atoms with Crippen molar-refractivity contribution < 1.29 is 0 Å². The smallest absolute Gasteiger partial charge is 0.0931 e. The lowest BCUT2D eigenvalue weighted by Gasteiger charge is -2.16. The number of halogens is 1. The molecule has 2 rings (SSSR count). The number of rotatable bonds is 3. The molecule has 2 aromatic rings. The van der Waals surface area contributed by atoms with Crippen LogP contribution in [0.4, 0.5) is 0 Å². The third-order valence-electron chi connectivity index (χ3n) is 2.54. The average molecular weight is 253 g/mol. The van der Waals surface area contributed by atoms with Crippen molar-refractivity contribution in [2.45, 2.75) is 13.0 Å². The van der Waals surface area contributed by atoms with Gasteiger partial charge < -0.3 is 0 Å². The van der Waals surface area contributed by atoms with Crippen molar-refractivity contribution in [1.29, 1.82) is 0 Å². The van der Waals surface area contributed by atoms with E-state index in [0.29, 0.717) is 0 Å². The quantitative estimate of drug-likeness (QED) is 0.650. The zero-order valence-electron chi connectivity index (χ0n) is 8.91. The highest BCUT2D eigenvalue weighted by molar-refractivity contribution is 7.16. The van der Waals surface area contributed by atoms with Crippen molar-refractivity contribution in [2.75, 3.05) is 0 Å². The molecule has 1 heterocycles. The van der Waals surface area contributed by atoms with Crippen LogP contribution >= 0.6 is 22.9 Å². The number of nitrogens with two attached hydrogens (primary N) is 1. The third kappa shape index (κ3) is 2.28. The van der Waals surface area contributed by atoms with Gasteiger partial charge in [0.2, 0.25) is 0 Å². The molecule has 0 saturated carbocycles. The molecule has 1 unspecified atom stereocenters. The minimum atomic E-state index is 0.0127. The second kappa shape index (κ2) is 4.97. The van der Waals surface area contributed by atoms with Crippen LogP contribution in [0.1, 0.15) is 22.0 Å². The van der Waals surface area contributed by atoms with Crippen LogP contribution in [-0.2, 0) is 0 Å². The number of nitrogens with one attached hydrogen (secondary N) is 1. The van der Waals surface area contributed by atoms with Crippen LogP contribution < -0.4 is 11.3 Å². The van der Waals surface area contributed by atoms with Crippen molar-refractivity contribution in [3.63, 3.8) is 0 Å². The maximum Gasteiger partial charge on any atom is 0.0931 e. The third-order valence-corrected chi connectivity index (χ3v) is 3.84. The van der Waals surface area contributed by atoms with Crippen molar-refractivity contribution in [2.24, 2.45) is 5.84 Å². The Hall–Kier alpha value is -0.870. The molecule has 0 spiro atoms. The maximum atomic E-state index is 5.94. The number of hydrogen-bond donors (Lipinski definition) is 2. The Morgan fingerprint density at radius 1 is 1.25 bits per heavy atom. The summed E-state index contributed by atoms with van der Waals surface area (Å²) in [4.78, 5) is 1.13. The summed E-state index contributed by atoms with van der Waals surface area (Å²) in [6, 6.07) is 12.1. The molecule has 16 heavy (non-hydrogen) atoms. The van der Waals surface area contributed by atoms with Gasteiger partial charge in [-0.2, -0.15) is 0 Å².